The van der Waals surface area contributed by atoms with Crippen molar-refractivity contribution in [3.05, 3.63) is 71.0 Å². The first kappa shape index (κ1) is 21.7. The molecule has 5 nitrogen and oxygen atoms in total. The molecule has 0 radical (unpaired) electrons. The highest BCUT2D eigenvalue weighted by Gasteiger charge is 2.11. The molecule has 2 N–H and O–H groups in total. The molecule has 0 heterocycles. The van der Waals surface area contributed by atoms with Gasteiger partial charge >= 0.3 is 0 Å². The summed E-state index contributed by atoms with van der Waals surface area (Å²) in [6, 6.07) is 9.81. The van der Waals surface area contributed by atoms with Gasteiger partial charge in [-0.1, -0.05) is 23.7 Å². The average Bonchev–Trinajstić information content (AvgIpc) is 2.67. The fraction of sp³-hybridized carbons (Fsp3) is 0.200. The summed E-state index contributed by atoms with van der Waals surface area (Å²) in [6.07, 6.45) is 3.29. The molecule has 2 aromatic carbocycles. The van der Waals surface area contributed by atoms with Gasteiger partial charge in [-0.15, -0.1) is 6.58 Å². The SMILES string of the molecule is C=CCNC(=S)NN=Cc1ccc(OCc2c(F)cccc2Cl)c(OCC)c1. The molecular formula is C20H21ClFN3O2S. The van der Waals surface area contributed by atoms with Gasteiger partial charge in [0.05, 0.1) is 17.8 Å². The van der Waals surface area contributed by atoms with Crippen LogP contribution in [0.1, 0.15) is 18.1 Å². The van der Waals surface area contributed by atoms with E-state index in [-0.39, 0.29) is 6.61 Å². The summed E-state index contributed by atoms with van der Waals surface area (Å²) >= 11 is 11.1. The number of rotatable bonds is 9. The molecule has 0 atom stereocenters. The van der Waals surface area contributed by atoms with Gasteiger partial charge in [0, 0.05) is 12.1 Å². The van der Waals surface area contributed by atoms with E-state index in [1.807, 2.05) is 6.92 Å². The summed E-state index contributed by atoms with van der Waals surface area (Å²) in [5, 5.41) is 7.67. The zero-order valence-corrected chi connectivity index (χ0v) is 16.9. The van der Waals surface area contributed by atoms with Crippen molar-refractivity contribution in [3.8, 4) is 11.5 Å². The number of hydrogen-bond acceptors (Lipinski definition) is 4. The molecule has 8 heteroatoms. The lowest BCUT2D eigenvalue weighted by Crippen LogP contribution is -2.31. The summed E-state index contributed by atoms with van der Waals surface area (Å²) in [5.41, 5.74) is 3.77. The Morgan fingerprint density at radius 3 is 2.82 bits per heavy atom. The second-order valence-corrected chi connectivity index (χ2v) is 6.31. The molecule has 2 rings (SSSR count). The van der Waals surface area contributed by atoms with Crippen LogP contribution in [0, 0.1) is 5.82 Å². The van der Waals surface area contributed by atoms with Gasteiger partial charge in [-0.05, 0) is 55.0 Å². The minimum absolute atomic E-state index is 0.0101. The van der Waals surface area contributed by atoms with E-state index in [2.05, 4.69) is 22.4 Å². The second-order valence-electron chi connectivity index (χ2n) is 5.50. The Bertz CT molecular complexity index is 841. The van der Waals surface area contributed by atoms with Gasteiger partial charge in [0.1, 0.15) is 12.4 Å². The smallest absolute Gasteiger partial charge is 0.187 e. The van der Waals surface area contributed by atoms with Gasteiger partial charge < -0.3 is 14.8 Å². The van der Waals surface area contributed by atoms with Crippen LogP contribution < -0.4 is 20.2 Å². The lowest BCUT2D eigenvalue weighted by Gasteiger charge is -2.13. The van der Waals surface area contributed by atoms with Gasteiger partial charge in [0.2, 0.25) is 0 Å². The standard InChI is InChI=1S/C20H21ClFN3O2S/c1-3-10-23-20(28)25-24-12-14-8-9-18(19(11-14)26-4-2)27-13-15-16(21)6-5-7-17(15)22/h3,5-9,11-12H,1,4,10,13H2,2H3,(H2,23,25,28). The molecule has 28 heavy (non-hydrogen) atoms. The topological polar surface area (TPSA) is 54.9 Å². The minimum Gasteiger partial charge on any atom is -0.490 e. The fourth-order valence-electron chi connectivity index (χ4n) is 2.18. The van der Waals surface area contributed by atoms with Crippen LogP contribution in [0.4, 0.5) is 4.39 Å². The number of nitrogens with zero attached hydrogens (tertiary/aromatic N) is 1. The Hall–Kier alpha value is -2.64. The number of hydrogen-bond donors (Lipinski definition) is 2. The van der Waals surface area contributed by atoms with Crippen LogP contribution in [0.3, 0.4) is 0 Å². The molecule has 0 aliphatic carbocycles. The van der Waals surface area contributed by atoms with Crippen molar-refractivity contribution in [1.29, 1.82) is 0 Å². The van der Waals surface area contributed by atoms with Crippen LogP contribution in [0.2, 0.25) is 5.02 Å². The minimum atomic E-state index is -0.415. The maximum absolute atomic E-state index is 13.9. The Labute approximate surface area is 174 Å². The Morgan fingerprint density at radius 1 is 1.29 bits per heavy atom. The van der Waals surface area contributed by atoms with Crippen molar-refractivity contribution in [2.75, 3.05) is 13.2 Å². The number of thiocarbonyl (C=S) groups is 1. The van der Waals surface area contributed by atoms with Gasteiger partial charge in [-0.2, -0.15) is 5.10 Å². The predicted octanol–water partition coefficient (Wildman–Crippen LogP) is 4.44. The second kappa shape index (κ2) is 11.3. The van der Waals surface area contributed by atoms with Gasteiger partial charge in [-0.25, -0.2) is 4.39 Å². The number of benzene rings is 2. The largest absolute Gasteiger partial charge is 0.490 e. The zero-order valence-electron chi connectivity index (χ0n) is 15.4. The molecule has 0 aliphatic heterocycles. The lowest BCUT2D eigenvalue weighted by atomic mass is 10.2. The number of ether oxygens (including phenoxy) is 2. The first-order valence-electron chi connectivity index (χ1n) is 8.55. The van der Waals surface area contributed by atoms with E-state index >= 15 is 0 Å². The van der Waals surface area contributed by atoms with E-state index in [0.29, 0.717) is 40.3 Å². The summed E-state index contributed by atoms with van der Waals surface area (Å²) in [4.78, 5) is 0. The van der Waals surface area contributed by atoms with Crippen LogP contribution in [0.5, 0.6) is 11.5 Å². The first-order valence-corrected chi connectivity index (χ1v) is 9.34. The molecule has 0 amide bonds. The molecule has 0 aromatic heterocycles. The lowest BCUT2D eigenvalue weighted by molar-refractivity contribution is 0.266. The Kier molecular flexibility index (Phi) is 8.71. The third kappa shape index (κ3) is 6.51. The van der Waals surface area contributed by atoms with E-state index in [0.717, 1.165) is 5.56 Å². The van der Waals surface area contributed by atoms with E-state index < -0.39 is 5.82 Å². The number of nitrogens with one attached hydrogen (secondary N) is 2. The summed E-state index contributed by atoms with van der Waals surface area (Å²) in [6.45, 7) is 6.45. The van der Waals surface area contributed by atoms with Crippen LogP contribution in [-0.4, -0.2) is 24.5 Å². The van der Waals surface area contributed by atoms with Gasteiger partial charge in [0.15, 0.2) is 16.6 Å². The number of hydrazone groups is 1. The molecular weight excluding hydrogens is 401 g/mol. The van der Waals surface area contributed by atoms with Crippen LogP contribution in [0.25, 0.3) is 0 Å². The molecule has 0 bridgehead atoms. The maximum atomic E-state index is 13.9. The van der Waals surface area contributed by atoms with Crippen molar-refractivity contribution < 1.29 is 13.9 Å². The quantitative estimate of drug-likeness (QED) is 0.271. The molecule has 0 spiro atoms. The van der Waals surface area contributed by atoms with Crippen molar-refractivity contribution in [3.63, 3.8) is 0 Å². The monoisotopic (exact) mass is 421 g/mol. The van der Waals surface area contributed by atoms with Crippen molar-refractivity contribution >= 4 is 35.1 Å². The highest BCUT2D eigenvalue weighted by atomic mass is 35.5. The van der Waals surface area contributed by atoms with E-state index in [4.69, 9.17) is 33.3 Å². The Balaban J connectivity index is 2.07. The third-order valence-corrected chi connectivity index (χ3v) is 4.08. The molecule has 0 fully saturated rings. The Morgan fingerprint density at radius 2 is 2.11 bits per heavy atom. The summed E-state index contributed by atoms with van der Waals surface area (Å²) in [5.74, 6) is 0.585. The van der Waals surface area contributed by atoms with Crippen LogP contribution in [-0.2, 0) is 6.61 Å². The molecule has 0 saturated heterocycles. The molecule has 0 unspecified atom stereocenters. The van der Waals surface area contributed by atoms with Crippen LogP contribution >= 0.6 is 23.8 Å². The molecule has 0 aliphatic rings. The molecule has 0 saturated carbocycles. The molecule has 148 valence electrons. The van der Waals surface area contributed by atoms with E-state index in [1.54, 1.807) is 42.6 Å². The summed E-state index contributed by atoms with van der Waals surface area (Å²) in [7, 11) is 0. The first-order chi connectivity index (χ1) is 13.5. The molecule has 2 aromatic rings. The van der Waals surface area contributed by atoms with Crippen molar-refractivity contribution in [1.82, 2.24) is 10.7 Å². The normalized spacial score (nSPS) is 10.5. The van der Waals surface area contributed by atoms with Crippen LogP contribution in [0.15, 0.2) is 54.2 Å². The highest BCUT2D eigenvalue weighted by molar-refractivity contribution is 7.80. The van der Waals surface area contributed by atoms with E-state index in [9.17, 15) is 4.39 Å². The highest BCUT2D eigenvalue weighted by Crippen LogP contribution is 2.30. The third-order valence-electron chi connectivity index (χ3n) is 3.49. The fourth-order valence-corrected chi connectivity index (χ4v) is 2.54. The average molecular weight is 422 g/mol. The summed E-state index contributed by atoms with van der Waals surface area (Å²) < 4.78 is 25.3. The maximum Gasteiger partial charge on any atom is 0.187 e. The van der Waals surface area contributed by atoms with Gasteiger partial charge in [-0.3, -0.25) is 5.43 Å². The van der Waals surface area contributed by atoms with Crippen molar-refractivity contribution in [2.24, 2.45) is 5.10 Å². The number of halogens is 2. The van der Waals surface area contributed by atoms with Gasteiger partial charge in [0.25, 0.3) is 0 Å². The van der Waals surface area contributed by atoms with E-state index in [1.165, 1.54) is 6.07 Å². The predicted molar refractivity (Wildman–Crippen MR) is 115 cm³/mol. The zero-order chi connectivity index (χ0) is 20.4. The van der Waals surface area contributed by atoms with Crippen molar-refractivity contribution in [2.45, 2.75) is 13.5 Å².